The molecule has 1 rings (SSSR count). The molecule has 0 radical (unpaired) electrons. The van der Waals surface area contributed by atoms with Crippen molar-refractivity contribution in [3.8, 4) is 0 Å². The third-order valence-corrected chi connectivity index (χ3v) is 17.4. The van der Waals surface area contributed by atoms with Crippen LogP contribution in [0.5, 0.6) is 0 Å². The molecule has 0 aromatic rings. The van der Waals surface area contributed by atoms with Crippen molar-refractivity contribution in [2.45, 2.75) is 397 Å². The number of unbranched alkanes of at least 4 members (excludes halogenated alkanes) is 45. The maximum Gasteiger partial charge on any atom is 0.305 e. The maximum absolute atomic E-state index is 13.1. The van der Waals surface area contributed by atoms with Crippen LogP contribution in [0.2, 0.25) is 0 Å². The molecule has 0 spiro atoms. The summed E-state index contributed by atoms with van der Waals surface area (Å²) in [4.78, 5) is 25.1. The molecule has 1 heterocycles. The Morgan fingerprint density at radius 3 is 1.21 bits per heavy atom. The third kappa shape index (κ3) is 52.4. The van der Waals surface area contributed by atoms with Crippen LogP contribution in [0.1, 0.15) is 354 Å². The number of carbonyl (C=O) groups excluding carboxylic acids is 2. The van der Waals surface area contributed by atoms with Gasteiger partial charge in [-0.2, -0.15) is 0 Å². The minimum Gasteiger partial charge on any atom is -0.466 e. The number of esters is 1. The highest BCUT2D eigenvalue weighted by Gasteiger charge is 2.44. The molecule has 7 atom stereocenters. The molecule has 1 aliphatic rings. The normalized spacial score (nSPS) is 18.2. The van der Waals surface area contributed by atoms with Crippen molar-refractivity contribution in [3.63, 3.8) is 0 Å². The summed E-state index contributed by atoms with van der Waals surface area (Å²) in [7, 11) is 0. The Balaban J connectivity index is 1.96. The van der Waals surface area contributed by atoms with E-state index in [-0.39, 0.29) is 18.5 Å². The Bertz CT molecular complexity index is 1570. The van der Waals surface area contributed by atoms with E-state index in [1.807, 2.05) is 6.08 Å². The average molecular weight is 1210 g/mol. The van der Waals surface area contributed by atoms with Gasteiger partial charge in [0.05, 0.1) is 32.0 Å². The minimum absolute atomic E-state index is 0.00316. The van der Waals surface area contributed by atoms with Gasteiger partial charge < -0.3 is 45.1 Å². The highest BCUT2D eigenvalue weighted by molar-refractivity contribution is 5.76. The monoisotopic (exact) mass is 1210 g/mol. The molecule has 504 valence electrons. The van der Waals surface area contributed by atoms with Gasteiger partial charge in [-0.15, -0.1) is 0 Å². The van der Waals surface area contributed by atoms with Crippen LogP contribution in [0.3, 0.4) is 0 Å². The first kappa shape index (κ1) is 81.6. The van der Waals surface area contributed by atoms with E-state index in [2.05, 4.69) is 55.6 Å². The molecule has 0 aromatic carbocycles. The highest BCUT2D eigenvalue weighted by atomic mass is 16.7. The summed E-state index contributed by atoms with van der Waals surface area (Å²) in [6.07, 6.45) is 73.9. The standard InChI is InChI=1S/C75H139NO10/c1-3-5-7-9-11-13-15-38-41-45-49-53-57-61-68(78)67(66-85-75-74(83)73(82)72(81)69(65-77)86-75)76-70(79)62-58-54-50-46-42-39-36-34-32-30-28-26-24-22-20-18-17-19-21-23-25-27-29-31-33-35-37-40-44-48-52-56-60-64-84-71(80)63-59-55-51-47-43-16-14-12-10-8-6-4-2/h12,14,21,23,27,29,57,61,67-69,72-75,77-78,81-83H,3-11,13,15-20,22,24-26,28,30-56,58-60,62-66H2,1-2H3,(H,76,79)/b14-12-,23-21-,29-27-,61-57+. The summed E-state index contributed by atoms with van der Waals surface area (Å²) in [6.45, 7) is 4.35. The molecular formula is C75H139NO10. The van der Waals surface area contributed by atoms with Gasteiger partial charge in [0.15, 0.2) is 6.29 Å². The Hall–Kier alpha value is -2.38. The second-order valence-corrected chi connectivity index (χ2v) is 25.6. The number of nitrogens with one attached hydrogen (secondary N) is 1. The molecule has 6 N–H and O–H groups in total. The lowest BCUT2D eigenvalue weighted by atomic mass is 9.99. The number of aliphatic hydroxyl groups excluding tert-OH is 5. The molecule has 0 saturated carbocycles. The van der Waals surface area contributed by atoms with Crippen LogP contribution in [-0.4, -0.2) is 100 Å². The fraction of sp³-hybridized carbons (Fsp3) is 0.867. The van der Waals surface area contributed by atoms with Crippen molar-refractivity contribution in [2.24, 2.45) is 0 Å². The van der Waals surface area contributed by atoms with Crippen molar-refractivity contribution in [1.82, 2.24) is 5.32 Å². The van der Waals surface area contributed by atoms with Crippen molar-refractivity contribution >= 4 is 11.9 Å². The van der Waals surface area contributed by atoms with Gasteiger partial charge in [-0.25, -0.2) is 0 Å². The lowest BCUT2D eigenvalue weighted by molar-refractivity contribution is -0.302. The fourth-order valence-corrected chi connectivity index (χ4v) is 11.6. The average Bonchev–Trinajstić information content (AvgIpc) is 2.77. The highest BCUT2D eigenvalue weighted by Crippen LogP contribution is 2.23. The van der Waals surface area contributed by atoms with Gasteiger partial charge in [-0.3, -0.25) is 9.59 Å². The zero-order valence-corrected chi connectivity index (χ0v) is 56.0. The third-order valence-electron chi connectivity index (χ3n) is 17.4. The van der Waals surface area contributed by atoms with Crippen molar-refractivity contribution in [2.75, 3.05) is 19.8 Å². The van der Waals surface area contributed by atoms with Crippen molar-refractivity contribution in [1.29, 1.82) is 0 Å². The van der Waals surface area contributed by atoms with E-state index in [0.717, 1.165) is 64.2 Å². The van der Waals surface area contributed by atoms with E-state index in [4.69, 9.17) is 14.2 Å². The molecule has 0 aliphatic carbocycles. The maximum atomic E-state index is 13.1. The van der Waals surface area contributed by atoms with Gasteiger partial charge in [0.2, 0.25) is 5.91 Å². The Morgan fingerprint density at radius 1 is 0.430 bits per heavy atom. The molecule has 1 amide bonds. The van der Waals surface area contributed by atoms with Crippen LogP contribution >= 0.6 is 0 Å². The van der Waals surface area contributed by atoms with Gasteiger partial charge >= 0.3 is 5.97 Å². The van der Waals surface area contributed by atoms with E-state index in [1.165, 1.54) is 263 Å². The number of rotatable bonds is 65. The van der Waals surface area contributed by atoms with Gasteiger partial charge in [0.25, 0.3) is 0 Å². The quantitative estimate of drug-likeness (QED) is 0.0195. The summed E-state index contributed by atoms with van der Waals surface area (Å²) < 4.78 is 16.7. The molecule has 7 unspecified atom stereocenters. The number of aliphatic hydroxyl groups is 5. The van der Waals surface area contributed by atoms with E-state index in [9.17, 15) is 35.1 Å². The molecule has 1 aliphatic heterocycles. The second kappa shape index (κ2) is 64.2. The molecule has 11 nitrogen and oxygen atoms in total. The van der Waals surface area contributed by atoms with Crippen LogP contribution in [0.15, 0.2) is 48.6 Å². The van der Waals surface area contributed by atoms with Gasteiger partial charge in [-0.05, 0) is 89.9 Å². The van der Waals surface area contributed by atoms with Gasteiger partial charge in [0.1, 0.15) is 24.4 Å². The van der Waals surface area contributed by atoms with Gasteiger partial charge in [0, 0.05) is 12.8 Å². The number of hydrogen-bond acceptors (Lipinski definition) is 10. The SMILES string of the molecule is CCCCC/C=C\CCCCCCCC(=O)OCCCCCCCCCCC/C=C\C/C=C\CCCCCCCCCCCCCCCCCCCC(=O)NC(COC1OC(CO)C(O)C(O)C1O)C(O)/C=C/CCCCCCCCCCCCC. The fourth-order valence-electron chi connectivity index (χ4n) is 11.6. The van der Waals surface area contributed by atoms with Crippen LogP contribution in [0, 0.1) is 0 Å². The van der Waals surface area contributed by atoms with E-state index < -0.39 is 49.5 Å². The number of carbonyl (C=O) groups is 2. The number of allylic oxidation sites excluding steroid dienone is 7. The molecule has 1 saturated heterocycles. The van der Waals surface area contributed by atoms with Crippen LogP contribution in [0.4, 0.5) is 0 Å². The minimum atomic E-state index is -1.57. The molecule has 0 aromatic heterocycles. The Labute approximate surface area is 529 Å². The van der Waals surface area contributed by atoms with Crippen molar-refractivity contribution in [3.05, 3.63) is 48.6 Å². The van der Waals surface area contributed by atoms with Crippen LogP contribution in [-0.2, 0) is 23.8 Å². The Kier molecular flexibility index (Phi) is 60.9. The number of ether oxygens (including phenoxy) is 3. The topological polar surface area (TPSA) is 175 Å². The summed E-state index contributed by atoms with van der Waals surface area (Å²) >= 11 is 0. The van der Waals surface area contributed by atoms with Gasteiger partial charge in [-0.1, -0.05) is 300 Å². The molecule has 1 fully saturated rings. The Morgan fingerprint density at radius 2 is 0.779 bits per heavy atom. The lowest BCUT2D eigenvalue weighted by Crippen LogP contribution is -2.60. The van der Waals surface area contributed by atoms with Crippen molar-refractivity contribution < 1.29 is 49.3 Å². The zero-order valence-electron chi connectivity index (χ0n) is 56.0. The summed E-state index contributed by atoms with van der Waals surface area (Å²) in [5, 5.41) is 54.5. The summed E-state index contributed by atoms with van der Waals surface area (Å²) in [6, 6.07) is -0.809. The first-order valence-electron chi connectivity index (χ1n) is 36.9. The summed E-state index contributed by atoms with van der Waals surface area (Å²) in [5.41, 5.74) is 0. The van der Waals surface area contributed by atoms with E-state index >= 15 is 0 Å². The molecule has 86 heavy (non-hydrogen) atoms. The van der Waals surface area contributed by atoms with Crippen LogP contribution in [0.25, 0.3) is 0 Å². The molecule has 11 heteroatoms. The second-order valence-electron chi connectivity index (χ2n) is 25.6. The predicted molar refractivity (Wildman–Crippen MR) is 361 cm³/mol. The number of hydrogen-bond donors (Lipinski definition) is 6. The zero-order chi connectivity index (χ0) is 62.3. The van der Waals surface area contributed by atoms with E-state index in [1.54, 1.807) is 6.08 Å². The molecular weight excluding hydrogens is 1070 g/mol. The lowest BCUT2D eigenvalue weighted by Gasteiger charge is -2.40. The first-order chi connectivity index (χ1) is 42.2. The first-order valence-corrected chi connectivity index (χ1v) is 36.9. The van der Waals surface area contributed by atoms with Crippen LogP contribution < -0.4 is 5.32 Å². The largest absolute Gasteiger partial charge is 0.466 e. The number of amides is 1. The van der Waals surface area contributed by atoms with E-state index in [0.29, 0.717) is 19.4 Å². The predicted octanol–water partition coefficient (Wildman–Crippen LogP) is 19.1. The smallest absolute Gasteiger partial charge is 0.305 e. The summed E-state index contributed by atoms with van der Waals surface area (Å²) in [5.74, 6) is -0.181. The molecule has 0 bridgehead atoms.